The quantitative estimate of drug-likeness (QED) is 0.575. The highest BCUT2D eigenvalue weighted by atomic mass is 32.2. The highest BCUT2D eigenvalue weighted by Crippen LogP contribution is 2.23. The minimum atomic E-state index is -3.66. The first-order chi connectivity index (χ1) is 13.0. The predicted octanol–water partition coefficient (Wildman–Crippen LogP) is 3.15. The van der Waals surface area contributed by atoms with Crippen LogP contribution in [0.5, 0.6) is 0 Å². The molecule has 0 unspecified atom stereocenters. The number of nitrogens with one attached hydrogen (secondary N) is 1. The van der Waals surface area contributed by atoms with Gasteiger partial charge in [0.05, 0.1) is 10.6 Å². The van der Waals surface area contributed by atoms with E-state index in [2.05, 4.69) is 20.0 Å². The molecule has 8 heteroatoms. The number of anilines is 1. The number of fused-ring (bicyclic) bond motifs is 1. The van der Waals surface area contributed by atoms with E-state index in [0.29, 0.717) is 17.0 Å². The van der Waals surface area contributed by atoms with Crippen LogP contribution >= 0.6 is 0 Å². The van der Waals surface area contributed by atoms with Gasteiger partial charge in [-0.15, -0.1) is 10.2 Å². The Balaban J connectivity index is 1.63. The summed E-state index contributed by atoms with van der Waals surface area (Å²) >= 11 is 0. The zero-order valence-electron chi connectivity index (χ0n) is 14.6. The van der Waals surface area contributed by atoms with Gasteiger partial charge >= 0.3 is 0 Å². The number of aryl methyl sites for hydroxylation is 1. The van der Waals surface area contributed by atoms with Gasteiger partial charge in [-0.1, -0.05) is 31.2 Å². The van der Waals surface area contributed by atoms with Gasteiger partial charge in [0.1, 0.15) is 6.33 Å². The molecule has 0 aliphatic heterocycles. The topological polar surface area (TPSA) is 89.2 Å². The third-order valence-electron chi connectivity index (χ3n) is 4.21. The molecule has 0 aliphatic carbocycles. The van der Waals surface area contributed by atoms with Crippen LogP contribution in [0.1, 0.15) is 12.5 Å². The van der Waals surface area contributed by atoms with Gasteiger partial charge in [0.2, 0.25) is 0 Å². The lowest BCUT2D eigenvalue weighted by Crippen LogP contribution is -2.13. The molecule has 0 radical (unpaired) electrons. The zero-order valence-corrected chi connectivity index (χ0v) is 15.4. The third-order valence-corrected chi connectivity index (χ3v) is 5.61. The molecule has 2 heterocycles. The van der Waals surface area contributed by atoms with Crippen LogP contribution in [0, 0.1) is 0 Å². The van der Waals surface area contributed by atoms with Crippen molar-refractivity contribution in [3.8, 4) is 11.3 Å². The minimum absolute atomic E-state index is 0.231. The average molecular weight is 379 g/mol. The van der Waals surface area contributed by atoms with Crippen LogP contribution in [-0.2, 0) is 16.4 Å². The van der Waals surface area contributed by atoms with Crippen LogP contribution in [0.25, 0.3) is 16.9 Å². The van der Waals surface area contributed by atoms with Crippen LogP contribution in [0.4, 0.5) is 5.69 Å². The maximum Gasteiger partial charge on any atom is 0.261 e. The van der Waals surface area contributed by atoms with Crippen LogP contribution in [0.2, 0.25) is 0 Å². The Bertz CT molecular complexity index is 1200. The van der Waals surface area contributed by atoms with Crippen molar-refractivity contribution in [2.75, 3.05) is 4.72 Å². The van der Waals surface area contributed by atoms with Crippen molar-refractivity contribution in [1.29, 1.82) is 0 Å². The normalized spacial score (nSPS) is 11.6. The van der Waals surface area contributed by atoms with Gasteiger partial charge in [0.15, 0.2) is 5.65 Å². The standard InChI is InChI=1S/C19H17N5O2S/c1-2-14-6-8-17(9-7-14)27(25,26)23-16-5-3-4-15(12-16)18-10-11-19-21-20-13-24(19)22-18/h3-13,23H,2H2,1H3. The smallest absolute Gasteiger partial charge is 0.261 e. The van der Waals surface area contributed by atoms with Gasteiger partial charge in [-0.25, -0.2) is 8.42 Å². The SMILES string of the molecule is CCc1ccc(S(=O)(=O)Nc2cccc(-c3ccc4nncn4n3)c2)cc1. The fourth-order valence-corrected chi connectivity index (χ4v) is 3.79. The Morgan fingerprint density at radius 3 is 2.63 bits per heavy atom. The molecule has 0 saturated heterocycles. The summed E-state index contributed by atoms with van der Waals surface area (Å²) in [6.07, 6.45) is 2.38. The summed E-state index contributed by atoms with van der Waals surface area (Å²) in [5.74, 6) is 0. The van der Waals surface area contributed by atoms with E-state index in [4.69, 9.17) is 0 Å². The zero-order chi connectivity index (χ0) is 18.9. The molecule has 2 aromatic carbocycles. The van der Waals surface area contributed by atoms with Gasteiger partial charge in [-0.2, -0.15) is 9.61 Å². The van der Waals surface area contributed by atoms with Crippen molar-refractivity contribution >= 4 is 21.4 Å². The Morgan fingerprint density at radius 1 is 1.04 bits per heavy atom. The van der Waals surface area contributed by atoms with E-state index < -0.39 is 10.0 Å². The largest absolute Gasteiger partial charge is 0.280 e. The van der Waals surface area contributed by atoms with Crippen molar-refractivity contribution in [1.82, 2.24) is 19.8 Å². The number of nitrogens with zero attached hydrogens (tertiary/aromatic N) is 4. The van der Waals surface area contributed by atoms with E-state index in [-0.39, 0.29) is 4.90 Å². The van der Waals surface area contributed by atoms with E-state index in [1.807, 2.05) is 37.3 Å². The lowest BCUT2D eigenvalue weighted by Gasteiger charge is -2.10. The van der Waals surface area contributed by atoms with Crippen LogP contribution < -0.4 is 4.72 Å². The summed E-state index contributed by atoms with van der Waals surface area (Å²) in [5.41, 5.74) is 3.68. The fraction of sp³-hybridized carbons (Fsp3) is 0.105. The molecule has 4 aromatic rings. The number of sulfonamides is 1. The molecule has 27 heavy (non-hydrogen) atoms. The van der Waals surface area contributed by atoms with Crippen molar-refractivity contribution < 1.29 is 8.42 Å². The first-order valence-electron chi connectivity index (χ1n) is 8.44. The summed E-state index contributed by atoms with van der Waals surface area (Å²) in [6.45, 7) is 2.03. The van der Waals surface area contributed by atoms with E-state index in [1.165, 1.54) is 6.33 Å². The van der Waals surface area contributed by atoms with E-state index in [1.54, 1.807) is 34.8 Å². The van der Waals surface area contributed by atoms with Crippen LogP contribution in [-0.4, -0.2) is 28.2 Å². The molecule has 136 valence electrons. The molecule has 2 aromatic heterocycles. The summed E-state index contributed by atoms with van der Waals surface area (Å²) < 4.78 is 29.5. The molecule has 0 saturated carbocycles. The second-order valence-corrected chi connectivity index (χ2v) is 7.72. The van der Waals surface area contributed by atoms with Gasteiger partial charge < -0.3 is 0 Å². The Hall–Kier alpha value is -3.26. The third kappa shape index (κ3) is 3.52. The van der Waals surface area contributed by atoms with Gasteiger partial charge in [0, 0.05) is 11.3 Å². The molecule has 0 bridgehead atoms. The molecule has 7 nitrogen and oxygen atoms in total. The highest BCUT2D eigenvalue weighted by Gasteiger charge is 2.14. The monoisotopic (exact) mass is 379 g/mol. The van der Waals surface area contributed by atoms with Crippen LogP contribution in [0.3, 0.4) is 0 Å². The average Bonchev–Trinajstić information content (AvgIpc) is 3.16. The fourth-order valence-electron chi connectivity index (χ4n) is 2.74. The number of aromatic nitrogens is 4. The second kappa shape index (κ2) is 6.81. The highest BCUT2D eigenvalue weighted by molar-refractivity contribution is 7.92. The molecule has 0 spiro atoms. The minimum Gasteiger partial charge on any atom is -0.280 e. The first kappa shape index (κ1) is 17.2. The van der Waals surface area contributed by atoms with Gasteiger partial charge in [0.25, 0.3) is 10.0 Å². The first-order valence-corrected chi connectivity index (χ1v) is 9.93. The van der Waals surface area contributed by atoms with Crippen molar-refractivity contribution in [2.24, 2.45) is 0 Å². The molecule has 0 aliphatic rings. The lowest BCUT2D eigenvalue weighted by molar-refractivity contribution is 0.601. The number of benzene rings is 2. The Kier molecular flexibility index (Phi) is 4.33. The molecular formula is C19H17N5O2S. The summed E-state index contributed by atoms with van der Waals surface area (Å²) in [4.78, 5) is 0.231. The Morgan fingerprint density at radius 2 is 1.85 bits per heavy atom. The molecule has 0 atom stereocenters. The van der Waals surface area contributed by atoms with Crippen molar-refractivity contribution in [3.05, 3.63) is 72.6 Å². The number of rotatable bonds is 5. The lowest BCUT2D eigenvalue weighted by atomic mass is 10.1. The molecule has 4 rings (SSSR count). The van der Waals surface area contributed by atoms with Crippen molar-refractivity contribution in [2.45, 2.75) is 18.2 Å². The molecular weight excluding hydrogens is 362 g/mol. The van der Waals surface area contributed by atoms with Crippen molar-refractivity contribution in [3.63, 3.8) is 0 Å². The van der Waals surface area contributed by atoms with E-state index in [0.717, 1.165) is 17.5 Å². The number of hydrogen-bond donors (Lipinski definition) is 1. The van der Waals surface area contributed by atoms with Gasteiger partial charge in [-0.05, 0) is 48.4 Å². The predicted molar refractivity (Wildman–Crippen MR) is 103 cm³/mol. The second-order valence-electron chi connectivity index (χ2n) is 6.04. The summed E-state index contributed by atoms with van der Waals surface area (Å²) in [6, 6.07) is 17.6. The maximum absolute atomic E-state index is 12.6. The molecule has 0 amide bonds. The van der Waals surface area contributed by atoms with E-state index in [9.17, 15) is 8.42 Å². The summed E-state index contributed by atoms with van der Waals surface area (Å²) in [7, 11) is -3.66. The number of hydrogen-bond acceptors (Lipinski definition) is 5. The molecule has 0 fully saturated rings. The Labute approximate surface area is 156 Å². The van der Waals surface area contributed by atoms with Crippen LogP contribution in [0.15, 0.2) is 71.9 Å². The van der Waals surface area contributed by atoms with Gasteiger partial charge in [-0.3, -0.25) is 4.72 Å². The summed E-state index contributed by atoms with van der Waals surface area (Å²) in [5, 5.41) is 12.2. The molecule has 1 N–H and O–H groups in total. The van der Waals surface area contributed by atoms with E-state index >= 15 is 0 Å². The maximum atomic E-state index is 12.6.